The van der Waals surface area contributed by atoms with Gasteiger partial charge in [-0.05, 0) is 26.8 Å². The second-order valence-corrected chi connectivity index (χ2v) is 7.15. The minimum absolute atomic E-state index is 0.0618. The molecule has 9 heteroatoms. The average Bonchev–Trinajstić information content (AvgIpc) is 2.96. The summed E-state index contributed by atoms with van der Waals surface area (Å²) >= 11 is 0. The molecule has 148 valence electrons. The van der Waals surface area contributed by atoms with Crippen molar-refractivity contribution in [2.24, 2.45) is 0 Å². The van der Waals surface area contributed by atoms with Crippen LogP contribution in [0.3, 0.4) is 0 Å². The molecule has 2 aromatic rings. The van der Waals surface area contributed by atoms with Crippen LogP contribution in [-0.4, -0.2) is 69.2 Å². The number of fused-ring (bicyclic) bond motifs is 1. The monoisotopic (exact) mass is 378 g/mol. The number of ether oxygens (including phenoxy) is 2. The summed E-state index contributed by atoms with van der Waals surface area (Å²) in [6, 6.07) is 1.74. The van der Waals surface area contributed by atoms with Gasteiger partial charge in [0.1, 0.15) is 17.4 Å². The quantitative estimate of drug-likeness (QED) is 0.819. The molecule has 0 bridgehead atoms. The minimum Gasteiger partial charge on any atom is -0.444 e. The van der Waals surface area contributed by atoms with Crippen molar-refractivity contribution in [1.82, 2.24) is 19.7 Å². The van der Waals surface area contributed by atoms with Gasteiger partial charge in [-0.2, -0.15) is 9.78 Å². The normalized spacial score (nSPS) is 12.8. The first-order chi connectivity index (χ1) is 12.6. The lowest BCUT2D eigenvalue weighted by molar-refractivity contribution is -0.00705. The van der Waals surface area contributed by atoms with E-state index in [1.165, 1.54) is 16.5 Å². The van der Waals surface area contributed by atoms with Crippen molar-refractivity contribution in [2.75, 3.05) is 26.8 Å². The molecule has 0 saturated carbocycles. The van der Waals surface area contributed by atoms with E-state index in [-0.39, 0.29) is 25.7 Å². The number of pyridine rings is 1. The van der Waals surface area contributed by atoms with Crippen LogP contribution in [0, 0.1) is 0 Å². The van der Waals surface area contributed by atoms with E-state index in [0.717, 1.165) is 0 Å². The SMILES string of the molecule is CC(=O)n1nc(C(CN(C)C(=O)OC(C)(C)C)OCCO)c2ccncc21. The van der Waals surface area contributed by atoms with Crippen molar-refractivity contribution in [3.8, 4) is 0 Å². The number of carbonyl (C=O) groups excluding carboxylic acids is 2. The Bertz CT molecular complexity index is 812. The van der Waals surface area contributed by atoms with Crippen LogP contribution in [0.15, 0.2) is 18.5 Å². The molecule has 0 aromatic carbocycles. The van der Waals surface area contributed by atoms with Gasteiger partial charge in [0, 0.05) is 25.6 Å². The number of aliphatic hydroxyl groups is 1. The van der Waals surface area contributed by atoms with Crippen molar-refractivity contribution >= 4 is 22.9 Å². The maximum Gasteiger partial charge on any atom is 0.410 e. The van der Waals surface area contributed by atoms with Gasteiger partial charge in [0.15, 0.2) is 0 Å². The zero-order valence-corrected chi connectivity index (χ0v) is 16.3. The fraction of sp³-hybridized carbons (Fsp3) is 0.556. The molecule has 0 aliphatic rings. The summed E-state index contributed by atoms with van der Waals surface area (Å²) in [6.07, 6.45) is 1.99. The zero-order chi connectivity index (χ0) is 20.2. The lowest BCUT2D eigenvalue weighted by Gasteiger charge is -2.27. The van der Waals surface area contributed by atoms with Crippen LogP contribution in [0.25, 0.3) is 10.9 Å². The van der Waals surface area contributed by atoms with Crippen molar-refractivity contribution in [2.45, 2.75) is 39.4 Å². The van der Waals surface area contributed by atoms with Crippen LogP contribution < -0.4 is 0 Å². The highest BCUT2D eigenvalue weighted by Gasteiger charge is 2.27. The minimum atomic E-state index is -0.653. The number of amides is 1. The third-order valence-electron chi connectivity index (χ3n) is 3.67. The number of carbonyl (C=O) groups is 2. The van der Waals surface area contributed by atoms with Gasteiger partial charge >= 0.3 is 6.09 Å². The van der Waals surface area contributed by atoms with Crippen LogP contribution in [0.4, 0.5) is 4.79 Å². The predicted octanol–water partition coefficient (Wildman–Crippen LogP) is 2.01. The van der Waals surface area contributed by atoms with Crippen LogP contribution in [0.1, 0.15) is 44.3 Å². The first kappa shape index (κ1) is 20.8. The highest BCUT2D eigenvalue weighted by molar-refractivity contribution is 5.91. The van der Waals surface area contributed by atoms with Crippen molar-refractivity contribution in [3.05, 3.63) is 24.2 Å². The molecule has 27 heavy (non-hydrogen) atoms. The molecule has 2 rings (SSSR count). The number of rotatable bonds is 6. The van der Waals surface area contributed by atoms with Gasteiger partial charge in [-0.1, -0.05) is 0 Å². The predicted molar refractivity (Wildman–Crippen MR) is 98.5 cm³/mol. The molecule has 0 fully saturated rings. The van der Waals surface area contributed by atoms with E-state index in [0.29, 0.717) is 16.6 Å². The van der Waals surface area contributed by atoms with Crippen LogP contribution >= 0.6 is 0 Å². The molecule has 1 atom stereocenters. The van der Waals surface area contributed by atoms with Gasteiger partial charge in [-0.15, -0.1) is 0 Å². The molecule has 0 radical (unpaired) electrons. The molecule has 0 aliphatic heterocycles. The molecule has 1 N–H and O–H groups in total. The van der Waals surface area contributed by atoms with E-state index in [1.54, 1.807) is 46.3 Å². The summed E-state index contributed by atoms with van der Waals surface area (Å²) < 4.78 is 12.3. The van der Waals surface area contributed by atoms with Crippen LogP contribution in [0.2, 0.25) is 0 Å². The van der Waals surface area contributed by atoms with Gasteiger partial charge in [0.05, 0.1) is 31.5 Å². The van der Waals surface area contributed by atoms with Gasteiger partial charge < -0.3 is 19.5 Å². The second kappa shape index (κ2) is 8.45. The Morgan fingerprint density at radius 1 is 1.37 bits per heavy atom. The Morgan fingerprint density at radius 2 is 2.07 bits per heavy atom. The first-order valence-corrected chi connectivity index (χ1v) is 8.64. The summed E-state index contributed by atoms with van der Waals surface area (Å²) in [5, 5.41) is 14.2. The number of hydrogen-bond acceptors (Lipinski definition) is 7. The van der Waals surface area contributed by atoms with Gasteiger partial charge in [0.2, 0.25) is 5.91 Å². The molecular weight excluding hydrogens is 352 g/mol. The molecular formula is C18H26N4O5. The molecule has 0 spiro atoms. The Kier molecular flexibility index (Phi) is 6.50. The topological polar surface area (TPSA) is 107 Å². The van der Waals surface area contributed by atoms with Crippen LogP contribution in [0.5, 0.6) is 0 Å². The van der Waals surface area contributed by atoms with Crippen LogP contribution in [-0.2, 0) is 9.47 Å². The van der Waals surface area contributed by atoms with Crippen molar-refractivity contribution in [1.29, 1.82) is 0 Å². The highest BCUT2D eigenvalue weighted by Crippen LogP contribution is 2.26. The number of likely N-dealkylation sites (N-methyl/N-ethyl adjacent to an activating group) is 1. The average molecular weight is 378 g/mol. The van der Waals surface area contributed by atoms with E-state index in [1.807, 2.05) is 0 Å². The second-order valence-electron chi connectivity index (χ2n) is 7.15. The molecule has 0 saturated heterocycles. The third-order valence-corrected chi connectivity index (χ3v) is 3.67. The summed E-state index contributed by atoms with van der Waals surface area (Å²) in [5.74, 6) is -0.263. The Labute approximate surface area is 157 Å². The zero-order valence-electron chi connectivity index (χ0n) is 16.3. The number of aromatic nitrogens is 3. The fourth-order valence-electron chi connectivity index (χ4n) is 2.54. The Morgan fingerprint density at radius 3 is 2.67 bits per heavy atom. The fourth-order valence-corrected chi connectivity index (χ4v) is 2.54. The summed E-state index contributed by atoms with van der Waals surface area (Å²) in [7, 11) is 1.59. The lowest BCUT2D eigenvalue weighted by atomic mass is 10.1. The maximum atomic E-state index is 12.3. The summed E-state index contributed by atoms with van der Waals surface area (Å²) in [6.45, 7) is 6.78. The van der Waals surface area contributed by atoms with E-state index in [4.69, 9.17) is 14.6 Å². The Balaban J connectivity index is 2.35. The van der Waals surface area contributed by atoms with Crippen molar-refractivity contribution < 1.29 is 24.2 Å². The standard InChI is InChI=1S/C18H26N4O5/c1-12(24)22-14-10-19-7-6-13(14)16(20-22)15(26-9-8-23)11-21(5)17(25)27-18(2,3)4/h6-7,10,15,23H,8-9,11H2,1-5H3. The van der Waals surface area contributed by atoms with Gasteiger partial charge in [-0.25, -0.2) is 4.79 Å². The molecule has 9 nitrogen and oxygen atoms in total. The first-order valence-electron chi connectivity index (χ1n) is 8.64. The number of hydrogen-bond donors (Lipinski definition) is 1. The number of nitrogens with zero attached hydrogens (tertiary/aromatic N) is 4. The molecule has 1 amide bonds. The van der Waals surface area contributed by atoms with E-state index in [9.17, 15) is 9.59 Å². The number of aliphatic hydroxyl groups excluding tert-OH is 1. The summed E-state index contributed by atoms with van der Waals surface area (Å²) in [4.78, 5) is 29.6. The Hall–Kier alpha value is -2.52. The third kappa shape index (κ3) is 5.24. The van der Waals surface area contributed by atoms with E-state index >= 15 is 0 Å². The molecule has 2 heterocycles. The highest BCUT2D eigenvalue weighted by atomic mass is 16.6. The van der Waals surface area contributed by atoms with E-state index in [2.05, 4.69) is 10.1 Å². The van der Waals surface area contributed by atoms with Gasteiger partial charge in [0.25, 0.3) is 0 Å². The summed E-state index contributed by atoms with van der Waals surface area (Å²) in [5.41, 5.74) is 0.422. The van der Waals surface area contributed by atoms with Gasteiger partial charge in [-0.3, -0.25) is 9.78 Å². The maximum absolute atomic E-state index is 12.3. The van der Waals surface area contributed by atoms with E-state index < -0.39 is 17.8 Å². The molecule has 1 unspecified atom stereocenters. The largest absolute Gasteiger partial charge is 0.444 e. The molecule has 2 aromatic heterocycles. The molecule has 0 aliphatic carbocycles. The smallest absolute Gasteiger partial charge is 0.410 e. The van der Waals surface area contributed by atoms with Crippen molar-refractivity contribution in [3.63, 3.8) is 0 Å². The lowest BCUT2D eigenvalue weighted by Crippen LogP contribution is -2.37.